The number of ether oxygens (including phenoxy) is 1. The summed E-state index contributed by atoms with van der Waals surface area (Å²) < 4.78 is 29.8. The number of aromatic nitrogens is 1. The minimum absolute atomic E-state index is 0.105. The normalized spacial score (nSPS) is 11.2. The summed E-state index contributed by atoms with van der Waals surface area (Å²) in [6.07, 6.45) is 0.954. The average Bonchev–Trinajstić information content (AvgIpc) is 2.78. The Kier molecular flexibility index (Phi) is 4.45. The molecular weight excluding hydrogens is 264 g/mol. The number of carbonyl (C=O) groups excluding carboxylic acids is 1. The fourth-order valence-electron chi connectivity index (χ4n) is 1.13. The van der Waals surface area contributed by atoms with Gasteiger partial charge in [-0.3, -0.25) is 4.79 Å². The number of carboxylic acids is 1. The molecule has 0 atom stereocenters. The zero-order chi connectivity index (χ0) is 13.8. The summed E-state index contributed by atoms with van der Waals surface area (Å²) in [4.78, 5) is 23.5. The number of carbonyl (C=O) groups is 2. The van der Waals surface area contributed by atoms with E-state index in [1.54, 1.807) is 0 Å². The van der Waals surface area contributed by atoms with Crippen molar-refractivity contribution < 1.29 is 27.9 Å². The average molecular weight is 276 g/mol. The Morgan fingerprint density at radius 3 is 2.67 bits per heavy atom. The molecule has 9 heteroatoms. The SMILES string of the molecule is COC(=O)CCNS(=O)(=O)c1c[nH]c(C(=O)O)c1. The second kappa shape index (κ2) is 5.65. The monoisotopic (exact) mass is 276 g/mol. The molecule has 0 aliphatic rings. The van der Waals surface area contributed by atoms with Crippen molar-refractivity contribution in [1.29, 1.82) is 0 Å². The lowest BCUT2D eigenvalue weighted by Crippen LogP contribution is -2.26. The molecule has 18 heavy (non-hydrogen) atoms. The maximum atomic E-state index is 11.7. The predicted octanol–water partition coefficient (Wildman–Crippen LogP) is -0.446. The van der Waals surface area contributed by atoms with Crippen molar-refractivity contribution in [1.82, 2.24) is 9.71 Å². The van der Waals surface area contributed by atoms with Gasteiger partial charge in [0, 0.05) is 12.7 Å². The lowest BCUT2D eigenvalue weighted by atomic mass is 10.4. The molecule has 0 aliphatic carbocycles. The van der Waals surface area contributed by atoms with Crippen molar-refractivity contribution in [3.05, 3.63) is 18.0 Å². The number of esters is 1. The van der Waals surface area contributed by atoms with Gasteiger partial charge in [0.2, 0.25) is 10.0 Å². The molecule has 0 saturated carbocycles. The Morgan fingerprint density at radius 2 is 2.17 bits per heavy atom. The van der Waals surface area contributed by atoms with Crippen molar-refractivity contribution in [2.75, 3.05) is 13.7 Å². The number of carboxylic acid groups (broad SMARTS) is 1. The molecule has 100 valence electrons. The molecule has 3 N–H and O–H groups in total. The van der Waals surface area contributed by atoms with Crippen LogP contribution in [0.1, 0.15) is 16.9 Å². The van der Waals surface area contributed by atoms with Crippen molar-refractivity contribution >= 4 is 22.0 Å². The number of nitrogens with one attached hydrogen (secondary N) is 2. The zero-order valence-electron chi connectivity index (χ0n) is 9.47. The zero-order valence-corrected chi connectivity index (χ0v) is 10.3. The third-order valence-electron chi connectivity index (χ3n) is 2.05. The van der Waals surface area contributed by atoms with Crippen LogP contribution in [0.2, 0.25) is 0 Å². The molecule has 0 saturated heterocycles. The van der Waals surface area contributed by atoms with Gasteiger partial charge in [-0.25, -0.2) is 17.9 Å². The summed E-state index contributed by atoms with van der Waals surface area (Å²) in [5.74, 6) is -1.80. The molecular formula is C9H12N2O6S. The van der Waals surface area contributed by atoms with Gasteiger partial charge in [0.05, 0.1) is 13.5 Å². The van der Waals surface area contributed by atoms with Gasteiger partial charge in [0.1, 0.15) is 10.6 Å². The minimum Gasteiger partial charge on any atom is -0.477 e. The van der Waals surface area contributed by atoms with Crippen LogP contribution in [-0.2, 0) is 19.6 Å². The number of hydrogen-bond acceptors (Lipinski definition) is 5. The highest BCUT2D eigenvalue weighted by atomic mass is 32.2. The van der Waals surface area contributed by atoms with Crippen LogP contribution in [0, 0.1) is 0 Å². The van der Waals surface area contributed by atoms with E-state index in [2.05, 4.69) is 14.4 Å². The van der Waals surface area contributed by atoms with Crippen LogP contribution >= 0.6 is 0 Å². The van der Waals surface area contributed by atoms with E-state index >= 15 is 0 Å². The number of methoxy groups -OCH3 is 1. The highest BCUT2D eigenvalue weighted by Crippen LogP contribution is 2.10. The first-order chi connectivity index (χ1) is 8.36. The lowest BCUT2D eigenvalue weighted by molar-refractivity contribution is -0.140. The van der Waals surface area contributed by atoms with E-state index in [9.17, 15) is 18.0 Å². The van der Waals surface area contributed by atoms with Gasteiger partial charge >= 0.3 is 11.9 Å². The molecule has 0 aromatic carbocycles. The molecule has 0 spiro atoms. The Bertz CT molecular complexity index is 547. The number of hydrogen-bond donors (Lipinski definition) is 3. The van der Waals surface area contributed by atoms with E-state index in [4.69, 9.17) is 5.11 Å². The van der Waals surface area contributed by atoms with E-state index in [-0.39, 0.29) is 23.6 Å². The molecule has 1 aromatic rings. The number of sulfonamides is 1. The first kappa shape index (κ1) is 14.2. The smallest absolute Gasteiger partial charge is 0.352 e. The number of aromatic amines is 1. The summed E-state index contributed by atoms with van der Waals surface area (Å²) in [5.41, 5.74) is -0.233. The van der Waals surface area contributed by atoms with Gasteiger partial charge in [-0.1, -0.05) is 0 Å². The molecule has 1 heterocycles. The van der Waals surface area contributed by atoms with E-state index < -0.39 is 22.0 Å². The third kappa shape index (κ3) is 3.57. The van der Waals surface area contributed by atoms with Crippen LogP contribution in [0.15, 0.2) is 17.2 Å². The van der Waals surface area contributed by atoms with Gasteiger partial charge < -0.3 is 14.8 Å². The summed E-state index contributed by atoms with van der Waals surface area (Å²) in [5, 5.41) is 8.64. The van der Waals surface area contributed by atoms with Crippen molar-refractivity contribution in [2.45, 2.75) is 11.3 Å². The molecule has 0 fully saturated rings. The van der Waals surface area contributed by atoms with Crippen LogP contribution in [0.4, 0.5) is 0 Å². The molecule has 1 aromatic heterocycles. The summed E-state index contributed by atoms with van der Waals surface area (Å²) in [6, 6.07) is 0.989. The van der Waals surface area contributed by atoms with E-state index in [1.807, 2.05) is 0 Å². The molecule has 1 rings (SSSR count). The van der Waals surface area contributed by atoms with Gasteiger partial charge in [0.25, 0.3) is 0 Å². The van der Waals surface area contributed by atoms with Crippen LogP contribution in [0.25, 0.3) is 0 Å². The maximum Gasteiger partial charge on any atom is 0.352 e. The van der Waals surface area contributed by atoms with E-state index in [0.717, 1.165) is 12.3 Å². The predicted molar refractivity (Wildman–Crippen MR) is 59.6 cm³/mol. The quantitative estimate of drug-likeness (QED) is 0.604. The first-order valence-corrected chi connectivity index (χ1v) is 6.33. The van der Waals surface area contributed by atoms with E-state index in [1.165, 1.54) is 7.11 Å². The molecule has 0 aliphatic heterocycles. The summed E-state index contributed by atoms with van der Waals surface area (Å²) in [7, 11) is -2.63. The second-order valence-electron chi connectivity index (χ2n) is 3.28. The van der Waals surface area contributed by atoms with Crippen LogP contribution < -0.4 is 4.72 Å². The standard InChI is InChI=1S/C9H12N2O6S/c1-17-8(12)2-3-11-18(15,16)6-4-7(9(13)14)10-5-6/h4-5,10-11H,2-3H2,1H3,(H,13,14). The Labute approximate surface area is 103 Å². The second-order valence-corrected chi connectivity index (χ2v) is 5.05. The van der Waals surface area contributed by atoms with Crippen molar-refractivity contribution in [3.63, 3.8) is 0 Å². The lowest BCUT2D eigenvalue weighted by Gasteiger charge is -2.03. The molecule has 8 nitrogen and oxygen atoms in total. The van der Waals surface area contributed by atoms with Gasteiger partial charge in [-0.15, -0.1) is 0 Å². The first-order valence-electron chi connectivity index (χ1n) is 4.85. The van der Waals surface area contributed by atoms with Crippen molar-refractivity contribution in [2.24, 2.45) is 0 Å². The largest absolute Gasteiger partial charge is 0.477 e. The highest BCUT2D eigenvalue weighted by Gasteiger charge is 2.18. The maximum absolute atomic E-state index is 11.7. The fourth-order valence-corrected chi connectivity index (χ4v) is 2.15. The molecule has 0 amide bonds. The van der Waals surface area contributed by atoms with E-state index in [0.29, 0.717) is 0 Å². The highest BCUT2D eigenvalue weighted by molar-refractivity contribution is 7.89. The Hall–Kier alpha value is -1.87. The topological polar surface area (TPSA) is 126 Å². The molecule has 0 radical (unpaired) electrons. The number of H-pyrrole nitrogens is 1. The number of rotatable bonds is 6. The Morgan fingerprint density at radius 1 is 1.50 bits per heavy atom. The Balaban J connectivity index is 2.68. The van der Waals surface area contributed by atoms with Crippen LogP contribution in [-0.4, -0.2) is 44.1 Å². The van der Waals surface area contributed by atoms with Crippen LogP contribution in [0.5, 0.6) is 0 Å². The molecule has 0 bridgehead atoms. The minimum atomic E-state index is -3.83. The molecule has 0 unspecified atom stereocenters. The summed E-state index contributed by atoms with van der Waals surface area (Å²) in [6.45, 7) is -0.122. The summed E-state index contributed by atoms with van der Waals surface area (Å²) >= 11 is 0. The van der Waals surface area contributed by atoms with Gasteiger partial charge in [0.15, 0.2) is 0 Å². The van der Waals surface area contributed by atoms with Crippen molar-refractivity contribution in [3.8, 4) is 0 Å². The van der Waals surface area contributed by atoms with Gasteiger partial charge in [-0.2, -0.15) is 0 Å². The fraction of sp³-hybridized carbons (Fsp3) is 0.333. The third-order valence-corrected chi connectivity index (χ3v) is 3.49. The number of aromatic carboxylic acids is 1. The van der Waals surface area contributed by atoms with Gasteiger partial charge in [-0.05, 0) is 6.07 Å². The van der Waals surface area contributed by atoms with Crippen LogP contribution in [0.3, 0.4) is 0 Å².